The first-order valence-corrected chi connectivity index (χ1v) is 8.31. The van der Waals surface area contributed by atoms with Crippen LogP contribution in [-0.4, -0.2) is 19.9 Å². The predicted molar refractivity (Wildman–Crippen MR) is 76.5 cm³/mol. The van der Waals surface area contributed by atoms with Crippen LogP contribution in [0, 0.1) is 11.6 Å². The summed E-state index contributed by atoms with van der Waals surface area (Å²) in [6.07, 6.45) is 1.61. The minimum Gasteiger partial charge on any atom is -0.399 e. The molecule has 114 valence electrons. The van der Waals surface area contributed by atoms with Crippen molar-refractivity contribution in [1.82, 2.24) is 9.71 Å². The number of benzene rings is 1. The molecule has 0 bridgehead atoms. The van der Waals surface area contributed by atoms with Gasteiger partial charge in [-0.25, -0.2) is 26.9 Å². The van der Waals surface area contributed by atoms with Gasteiger partial charge in [-0.15, -0.1) is 11.3 Å². The van der Waals surface area contributed by atoms with Gasteiger partial charge in [0.15, 0.2) is 11.6 Å². The van der Waals surface area contributed by atoms with Crippen LogP contribution in [0.4, 0.5) is 14.5 Å². The summed E-state index contributed by atoms with van der Waals surface area (Å²) in [6.45, 7) is 1.79. The highest BCUT2D eigenvalue weighted by molar-refractivity contribution is 7.89. The summed E-state index contributed by atoms with van der Waals surface area (Å²) in [5.41, 5.74) is 5.19. The van der Waals surface area contributed by atoms with Gasteiger partial charge in [0.1, 0.15) is 4.90 Å². The summed E-state index contributed by atoms with van der Waals surface area (Å²) in [5.74, 6) is -2.93. The molecule has 3 N–H and O–H groups in total. The lowest BCUT2D eigenvalue weighted by molar-refractivity contribution is 0.483. The number of hydrogen-bond acceptors (Lipinski definition) is 5. The average Bonchev–Trinajstić information content (AvgIpc) is 2.94. The van der Waals surface area contributed by atoms with Crippen molar-refractivity contribution >= 4 is 27.0 Å². The van der Waals surface area contributed by atoms with E-state index >= 15 is 0 Å². The van der Waals surface area contributed by atoms with Crippen molar-refractivity contribution < 1.29 is 17.2 Å². The third kappa shape index (κ3) is 3.55. The molecule has 21 heavy (non-hydrogen) atoms. The van der Waals surface area contributed by atoms with E-state index in [2.05, 4.69) is 9.71 Å². The molecule has 0 saturated carbocycles. The van der Waals surface area contributed by atoms with E-state index in [1.807, 2.05) is 0 Å². The molecule has 2 aromatic rings. The largest absolute Gasteiger partial charge is 0.399 e. The normalized spacial score (nSPS) is 13.3. The van der Waals surface area contributed by atoms with Gasteiger partial charge in [0.25, 0.3) is 0 Å². The van der Waals surface area contributed by atoms with Crippen LogP contribution in [0.2, 0.25) is 0 Å². The highest BCUT2D eigenvalue weighted by Crippen LogP contribution is 2.22. The van der Waals surface area contributed by atoms with Crippen molar-refractivity contribution in [3.63, 3.8) is 0 Å². The van der Waals surface area contributed by atoms with Crippen LogP contribution in [0.25, 0.3) is 0 Å². The summed E-state index contributed by atoms with van der Waals surface area (Å²) in [4.78, 5) is 3.27. The Hall–Kier alpha value is -1.58. The molecular formula is C12H13F2N3O2S2. The van der Waals surface area contributed by atoms with Crippen molar-refractivity contribution in [2.75, 3.05) is 12.3 Å². The van der Waals surface area contributed by atoms with Crippen LogP contribution in [-0.2, 0) is 10.0 Å². The van der Waals surface area contributed by atoms with E-state index in [1.54, 1.807) is 18.5 Å². The Kier molecular flexibility index (Phi) is 4.55. The monoisotopic (exact) mass is 333 g/mol. The van der Waals surface area contributed by atoms with Gasteiger partial charge in [0, 0.05) is 29.7 Å². The second-order valence-corrected chi connectivity index (χ2v) is 7.10. The lowest BCUT2D eigenvalue weighted by Crippen LogP contribution is -2.28. The fourth-order valence-corrected chi connectivity index (χ4v) is 3.61. The van der Waals surface area contributed by atoms with E-state index in [0.717, 1.165) is 17.1 Å². The highest BCUT2D eigenvalue weighted by Gasteiger charge is 2.23. The van der Waals surface area contributed by atoms with Gasteiger partial charge in [-0.2, -0.15) is 0 Å². The zero-order valence-electron chi connectivity index (χ0n) is 11.0. The molecule has 1 aromatic heterocycles. The molecule has 0 spiro atoms. The van der Waals surface area contributed by atoms with Gasteiger partial charge in [-0.1, -0.05) is 6.92 Å². The minimum absolute atomic E-state index is 0.0195. The Morgan fingerprint density at radius 3 is 2.76 bits per heavy atom. The molecule has 1 unspecified atom stereocenters. The summed E-state index contributed by atoms with van der Waals surface area (Å²) >= 11 is 1.39. The third-order valence-electron chi connectivity index (χ3n) is 2.76. The van der Waals surface area contributed by atoms with Crippen molar-refractivity contribution in [2.24, 2.45) is 0 Å². The molecular weight excluding hydrogens is 320 g/mol. The topological polar surface area (TPSA) is 85.1 Å². The van der Waals surface area contributed by atoms with Gasteiger partial charge in [-0.3, -0.25) is 0 Å². The lowest BCUT2D eigenvalue weighted by Gasteiger charge is -2.12. The number of nitrogens with zero attached hydrogens (tertiary/aromatic N) is 1. The SMILES string of the molecule is CC(CNS(=O)(=O)c1cc(N)cc(F)c1F)c1nccs1. The summed E-state index contributed by atoms with van der Waals surface area (Å²) in [6, 6.07) is 1.61. The van der Waals surface area contributed by atoms with Crippen LogP contribution in [0.5, 0.6) is 0 Å². The molecule has 0 aliphatic rings. The van der Waals surface area contributed by atoms with Crippen molar-refractivity contribution in [1.29, 1.82) is 0 Å². The minimum atomic E-state index is -4.19. The Labute approximate surface area is 124 Å². The molecule has 0 aliphatic heterocycles. The van der Waals surface area contributed by atoms with Crippen LogP contribution >= 0.6 is 11.3 Å². The number of sulfonamides is 1. The molecule has 0 radical (unpaired) electrons. The maximum absolute atomic E-state index is 13.6. The molecule has 2 rings (SSSR count). The second-order valence-electron chi connectivity index (χ2n) is 4.44. The molecule has 0 amide bonds. The molecule has 0 aliphatic carbocycles. The van der Waals surface area contributed by atoms with Crippen molar-refractivity contribution in [3.05, 3.63) is 40.4 Å². The van der Waals surface area contributed by atoms with Crippen LogP contribution in [0.3, 0.4) is 0 Å². The average molecular weight is 333 g/mol. The number of aromatic nitrogens is 1. The number of hydrogen-bond donors (Lipinski definition) is 2. The number of nitrogen functional groups attached to an aromatic ring is 1. The summed E-state index contributed by atoms with van der Waals surface area (Å²) in [7, 11) is -4.19. The summed E-state index contributed by atoms with van der Waals surface area (Å²) < 4.78 is 53.2. The summed E-state index contributed by atoms with van der Waals surface area (Å²) in [5, 5.41) is 2.52. The molecule has 0 fully saturated rings. The molecule has 0 saturated heterocycles. The number of thiazole rings is 1. The van der Waals surface area contributed by atoms with E-state index in [-0.39, 0.29) is 18.2 Å². The lowest BCUT2D eigenvalue weighted by atomic mass is 10.2. The van der Waals surface area contributed by atoms with E-state index in [4.69, 9.17) is 5.73 Å². The van der Waals surface area contributed by atoms with E-state index < -0.39 is 26.6 Å². The second kappa shape index (κ2) is 6.04. The van der Waals surface area contributed by atoms with Gasteiger partial charge >= 0.3 is 0 Å². The Balaban J connectivity index is 2.19. The first-order chi connectivity index (χ1) is 9.81. The number of nitrogens with one attached hydrogen (secondary N) is 1. The number of anilines is 1. The first kappa shape index (κ1) is 15.8. The van der Waals surface area contributed by atoms with Crippen LogP contribution in [0.15, 0.2) is 28.6 Å². The molecule has 1 aromatic carbocycles. The zero-order chi connectivity index (χ0) is 15.6. The van der Waals surface area contributed by atoms with Crippen molar-refractivity contribution in [3.8, 4) is 0 Å². The zero-order valence-corrected chi connectivity index (χ0v) is 12.6. The molecule has 1 atom stereocenters. The fourth-order valence-electron chi connectivity index (χ4n) is 1.66. The first-order valence-electron chi connectivity index (χ1n) is 5.95. The standard InChI is InChI=1S/C12H13F2N3O2S2/c1-7(12-16-2-3-20-12)6-17-21(18,19)10-5-8(15)4-9(13)11(10)14/h2-5,7,17H,6,15H2,1H3. The molecule has 5 nitrogen and oxygen atoms in total. The van der Waals surface area contributed by atoms with Gasteiger partial charge in [-0.05, 0) is 12.1 Å². The smallest absolute Gasteiger partial charge is 0.243 e. The van der Waals surface area contributed by atoms with Gasteiger partial charge < -0.3 is 5.73 Å². The Bertz CT molecular complexity index is 733. The third-order valence-corrected chi connectivity index (χ3v) is 5.19. The quantitative estimate of drug-likeness (QED) is 0.821. The number of nitrogens with two attached hydrogens (primary N) is 1. The van der Waals surface area contributed by atoms with Crippen LogP contribution < -0.4 is 10.5 Å². The number of halogens is 2. The predicted octanol–water partition coefficient (Wildman–Crippen LogP) is 2.09. The Morgan fingerprint density at radius 1 is 1.43 bits per heavy atom. The van der Waals surface area contributed by atoms with Gasteiger partial charge in [0.05, 0.1) is 5.01 Å². The van der Waals surface area contributed by atoms with Crippen molar-refractivity contribution in [2.45, 2.75) is 17.7 Å². The Morgan fingerprint density at radius 2 is 2.14 bits per heavy atom. The van der Waals surface area contributed by atoms with Gasteiger partial charge in [0.2, 0.25) is 10.0 Å². The number of rotatable bonds is 5. The maximum Gasteiger partial charge on any atom is 0.243 e. The molecule has 9 heteroatoms. The fraction of sp³-hybridized carbons (Fsp3) is 0.250. The van der Waals surface area contributed by atoms with E-state index in [1.165, 1.54) is 11.3 Å². The van der Waals surface area contributed by atoms with Crippen LogP contribution in [0.1, 0.15) is 17.8 Å². The highest BCUT2D eigenvalue weighted by atomic mass is 32.2. The van der Waals surface area contributed by atoms with E-state index in [9.17, 15) is 17.2 Å². The van der Waals surface area contributed by atoms with E-state index in [0.29, 0.717) is 0 Å². The molecule has 1 heterocycles. The maximum atomic E-state index is 13.6.